The van der Waals surface area contributed by atoms with Crippen LogP contribution in [0.1, 0.15) is 26.2 Å². The van der Waals surface area contributed by atoms with Gasteiger partial charge in [-0.05, 0) is 25.2 Å². The van der Waals surface area contributed by atoms with E-state index < -0.39 is 5.97 Å². The molecule has 1 aliphatic rings. The molecule has 0 atom stereocenters. The molecule has 0 heterocycles. The predicted octanol–water partition coefficient (Wildman–Crippen LogP) is -0.232. The number of likely N-dealkylation sites (N-methyl/N-ethyl adjacent to an activating group) is 1. The lowest BCUT2D eigenvalue weighted by Gasteiger charge is -2.23. The lowest BCUT2D eigenvalue weighted by atomic mass is 10.3. The number of carbonyl (C=O) groups is 3. The molecule has 7 nitrogen and oxygen atoms in total. The van der Waals surface area contributed by atoms with Crippen LogP contribution in [0.25, 0.3) is 0 Å². The summed E-state index contributed by atoms with van der Waals surface area (Å²) in [6, 6.07) is 0. The maximum atomic E-state index is 12.1. The van der Waals surface area contributed by atoms with Crippen LogP contribution in [0.3, 0.4) is 0 Å². The highest BCUT2D eigenvalue weighted by Gasteiger charge is 2.27. The second kappa shape index (κ2) is 8.61. The highest BCUT2D eigenvalue weighted by Crippen LogP contribution is 2.29. The van der Waals surface area contributed by atoms with Crippen LogP contribution in [-0.2, 0) is 14.4 Å². The highest BCUT2D eigenvalue weighted by molar-refractivity contribution is 5.85. The van der Waals surface area contributed by atoms with Gasteiger partial charge in [0.25, 0.3) is 0 Å². The van der Waals surface area contributed by atoms with E-state index in [0.29, 0.717) is 19.0 Å². The number of carbonyl (C=O) groups excluding carboxylic acids is 2. The predicted molar refractivity (Wildman–Crippen MR) is 77.7 cm³/mol. The second-order valence-electron chi connectivity index (χ2n) is 5.61. The number of aliphatic carboxylic acids is 1. The van der Waals surface area contributed by atoms with Gasteiger partial charge in [-0.1, -0.05) is 6.92 Å². The minimum absolute atomic E-state index is 0.00315. The standard InChI is InChI=1S/C14H25N3O4/c1-3-6-15-12(18)8-16(2)13(19)9-17(10-14(20)21)7-11-4-5-11/h11H,3-10H2,1-2H3,(H,15,18)(H,20,21). The number of nitrogens with zero attached hydrogens (tertiary/aromatic N) is 2. The molecule has 1 fully saturated rings. The monoisotopic (exact) mass is 299 g/mol. The molecule has 0 aromatic rings. The second-order valence-corrected chi connectivity index (χ2v) is 5.61. The Morgan fingerprint density at radius 1 is 1.19 bits per heavy atom. The molecule has 0 bridgehead atoms. The number of hydrogen-bond donors (Lipinski definition) is 2. The van der Waals surface area contributed by atoms with Crippen molar-refractivity contribution in [2.24, 2.45) is 5.92 Å². The van der Waals surface area contributed by atoms with Crippen molar-refractivity contribution in [1.29, 1.82) is 0 Å². The fourth-order valence-electron chi connectivity index (χ4n) is 1.98. The van der Waals surface area contributed by atoms with E-state index in [9.17, 15) is 14.4 Å². The molecule has 0 unspecified atom stereocenters. The van der Waals surface area contributed by atoms with Gasteiger partial charge in [0.2, 0.25) is 11.8 Å². The molecule has 120 valence electrons. The van der Waals surface area contributed by atoms with Crippen molar-refractivity contribution in [2.45, 2.75) is 26.2 Å². The maximum Gasteiger partial charge on any atom is 0.317 e. The minimum atomic E-state index is -0.938. The number of rotatable bonds is 10. The van der Waals surface area contributed by atoms with E-state index in [0.717, 1.165) is 19.3 Å². The SMILES string of the molecule is CCCNC(=O)CN(C)C(=O)CN(CC(=O)O)CC1CC1. The Balaban J connectivity index is 2.39. The largest absolute Gasteiger partial charge is 0.480 e. The van der Waals surface area contributed by atoms with Gasteiger partial charge < -0.3 is 15.3 Å². The minimum Gasteiger partial charge on any atom is -0.480 e. The van der Waals surface area contributed by atoms with Crippen molar-refractivity contribution < 1.29 is 19.5 Å². The number of carboxylic acids is 1. The summed E-state index contributed by atoms with van der Waals surface area (Å²) in [5.41, 5.74) is 0. The van der Waals surface area contributed by atoms with E-state index in [1.165, 1.54) is 4.90 Å². The number of hydrogen-bond acceptors (Lipinski definition) is 4. The third-order valence-electron chi connectivity index (χ3n) is 3.31. The van der Waals surface area contributed by atoms with Crippen LogP contribution in [0.15, 0.2) is 0 Å². The van der Waals surface area contributed by atoms with Crippen molar-refractivity contribution >= 4 is 17.8 Å². The fraction of sp³-hybridized carbons (Fsp3) is 0.786. The zero-order valence-electron chi connectivity index (χ0n) is 12.8. The third-order valence-corrected chi connectivity index (χ3v) is 3.31. The van der Waals surface area contributed by atoms with Gasteiger partial charge in [0.05, 0.1) is 19.6 Å². The van der Waals surface area contributed by atoms with Gasteiger partial charge in [-0.3, -0.25) is 19.3 Å². The topological polar surface area (TPSA) is 90.0 Å². The van der Waals surface area contributed by atoms with Gasteiger partial charge in [0, 0.05) is 20.1 Å². The summed E-state index contributed by atoms with van der Waals surface area (Å²) < 4.78 is 0. The zero-order valence-corrected chi connectivity index (χ0v) is 12.8. The Morgan fingerprint density at radius 2 is 1.86 bits per heavy atom. The zero-order chi connectivity index (χ0) is 15.8. The lowest BCUT2D eigenvalue weighted by Crippen LogP contribution is -2.45. The molecule has 0 aromatic heterocycles. The van der Waals surface area contributed by atoms with Crippen molar-refractivity contribution in [2.75, 3.05) is 39.8 Å². The molecule has 21 heavy (non-hydrogen) atoms. The van der Waals surface area contributed by atoms with E-state index in [4.69, 9.17) is 5.11 Å². The number of carboxylic acid groups (broad SMARTS) is 1. The first-order valence-corrected chi connectivity index (χ1v) is 7.37. The number of nitrogens with one attached hydrogen (secondary N) is 1. The van der Waals surface area contributed by atoms with Crippen LogP contribution in [-0.4, -0.2) is 72.5 Å². The molecule has 0 aliphatic heterocycles. The Morgan fingerprint density at radius 3 is 2.38 bits per heavy atom. The highest BCUT2D eigenvalue weighted by atomic mass is 16.4. The summed E-state index contributed by atoms with van der Waals surface area (Å²) in [4.78, 5) is 37.4. The average molecular weight is 299 g/mol. The maximum absolute atomic E-state index is 12.1. The molecule has 1 rings (SSSR count). The molecule has 1 aliphatic carbocycles. The van der Waals surface area contributed by atoms with Crippen LogP contribution in [0, 0.1) is 5.92 Å². The smallest absolute Gasteiger partial charge is 0.317 e. The summed E-state index contributed by atoms with van der Waals surface area (Å²) in [6.07, 6.45) is 3.04. The normalized spacial score (nSPS) is 14.0. The lowest BCUT2D eigenvalue weighted by molar-refractivity contribution is -0.140. The van der Waals surface area contributed by atoms with Crippen LogP contribution >= 0.6 is 0 Å². The Labute approximate surface area is 125 Å². The summed E-state index contributed by atoms with van der Waals surface area (Å²) in [6.45, 7) is 3.08. The first kappa shape index (κ1) is 17.4. The van der Waals surface area contributed by atoms with Crippen LogP contribution in [0.2, 0.25) is 0 Å². The van der Waals surface area contributed by atoms with E-state index in [2.05, 4.69) is 5.32 Å². The molecule has 2 amide bonds. The molecule has 0 aromatic carbocycles. The van der Waals surface area contributed by atoms with Crippen LogP contribution < -0.4 is 5.32 Å². The van der Waals surface area contributed by atoms with Gasteiger partial charge in [0.1, 0.15) is 0 Å². The van der Waals surface area contributed by atoms with Gasteiger partial charge in [-0.15, -0.1) is 0 Å². The van der Waals surface area contributed by atoms with Crippen LogP contribution in [0.5, 0.6) is 0 Å². The van der Waals surface area contributed by atoms with Crippen molar-refractivity contribution in [1.82, 2.24) is 15.1 Å². The summed E-state index contributed by atoms with van der Waals surface area (Å²) in [5.74, 6) is -0.856. The van der Waals surface area contributed by atoms with Crippen molar-refractivity contribution in [3.05, 3.63) is 0 Å². The van der Waals surface area contributed by atoms with Gasteiger partial charge in [-0.25, -0.2) is 0 Å². The van der Waals surface area contributed by atoms with Crippen LogP contribution in [0.4, 0.5) is 0 Å². The Kier molecular flexibility index (Phi) is 7.14. The van der Waals surface area contributed by atoms with E-state index in [1.807, 2.05) is 6.92 Å². The molecule has 7 heteroatoms. The Hall–Kier alpha value is -1.63. The van der Waals surface area contributed by atoms with Gasteiger partial charge in [-0.2, -0.15) is 0 Å². The van der Waals surface area contributed by atoms with Crippen molar-refractivity contribution in [3.63, 3.8) is 0 Å². The molecular formula is C14H25N3O4. The summed E-state index contributed by atoms with van der Waals surface area (Å²) >= 11 is 0. The van der Waals surface area contributed by atoms with Gasteiger partial charge >= 0.3 is 5.97 Å². The molecule has 0 spiro atoms. The summed E-state index contributed by atoms with van der Waals surface area (Å²) in [7, 11) is 1.56. The molecule has 1 saturated carbocycles. The molecule has 0 saturated heterocycles. The Bertz CT molecular complexity index is 382. The van der Waals surface area contributed by atoms with Gasteiger partial charge in [0.15, 0.2) is 0 Å². The first-order valence-electron chi connectivity index (χ1n) is 7.37. The summed E-state index contributed by atoms with van der Waals surface area (Å²) in [5, 5.41) is 11.6. The van der Waals surface area contributed by atoms with Crippen molar-refractivity contribution in [3.8, 4) is 0 Å². The molecule has 0 radical (unpaired) electrons. The number of amides is 2. The fourth-order valence-corrected chi connectivity index (χ4v) is 1.98. The molecule has 2 N–H and O–H groups in total. The first-order chi connectivity index (χ1) is 9.92. The quantitative estimate of drug-likeness (QED) is 0.581. The van der Waals surface area contributed by atoms with E-state index >= 15 is 0 Å². The van der Waals surface area contributed by atoms with E-state index in [1.54, 1.807) is 11.9 Å². The average Bonchev–Trinajstić information content (AvgIpc) is 3.19. The third kappa shape index (κ3) is 7.65. The van der Waals surface area contributed by atoms with E-state index in [-0.39, 0.29) is 31.4 Å². The molecular weight excluding hydrogens is 274 g/mol.